The summed E-state index contributed by atoms with van der Waals surface area (Å²) < 4.78 is 40.2. The Hall–Kier alpha value is -1.76. The van der Waals surface area contributed by atoms with Gasteiger partial charge in [-0.1, -0.05) is 11.6 Å². The van der Waals surface area contributed by atoms with Crippen molar-refractivity contribution in [2.45, 2.75) is 32.1 Å². The number of hydrogen-bond acceptors (Lipinski definition) is 4. The topological polar surface area (TPSA) is 70.4 Å². The van der Waals surface area contributed by atoms with E-state index >= 15 is 0 Å². The Labute approximate surface area is 195 Å². The van der Waals surface area contributed by atoms with Crippen molar-refractivity contribution in [1.82, 2.24) is 25.4 Å². The van der Waals surface area contributed by atoms with E-state index < -0.39 is 11.7 Å². The van der Waals surface area contributed by atoms with Crippen LogP contribution in [0, 0.1) is 0 Å². The van der Waals surface area contributed by atoms with E-state index in [0.29, 0.717) is 38.0 Å². The van der Waals surface area contributed by atoms with Gasteiger partial charge in [0.1, 0.15) is 5.82 Å². The van der Waals surface area contributed by atoms with Crippen LogP contribution in [0.5, 0.6) is 0 Å². The van der Waals surface area contributed by atoms with Gasteiger partial charge in [0.2, 0.25) is 0 Å². The van der Waals surface area contributed by atoms with Crippen LogP contribution in [0.2, 0.25) is 5.02 Å². The number of aromatic nitrogens is 3. The zero-order chi connectivity index (χ0) is 21.0. The molecule has 0 saturated carbocycles. The predicted molar refractivity (Wildman–Crippen MR) is 121 cm³/mol. The minimum Gasteiger partial charge on any atom is -0.357 e. The molecule has 0 spiro atoms. The van der Waals surface area contributed by atoms with Gasteiger partial charge in [-0.25, -0.2) is 9.98 Å². The van der Waals surface area contributed by atoms with E-state index in [1.807, 2.05) is 24.9 Å². The number of rotatable bonds is 5. The number of aliphatic imine (C=N–C) groups is 1. The highest BCUT2D eigenvalue weighted by molar-refractivity contribution is 14.0. The third kappa shape index (κ3) is 6.13. The molecule has 7 nitrogen and oxygen atoms in total. The maximum atomic E-state index is 12.8. The molecule has 1 fully saturated rings. The van der Waals surface area contributed by atoms with Crippen molar-refractivity contribution < 1.29 is 13.2 Å². The molecular formula is C18H24ClF3IN7. The molecular weight excluding hydrogens is 534 g/mol. The summed E-state index contributed by atoms with van der Waals surface area (Å²) in [6.07, 6.45) is -1.13. The van der Waals surface area contributed by atoms with E-state index in [9.17, 15) is 13.2 Å². The van der Waals surface area contributed by atoms with Crippen molar-refractivity contribution in [2.24, 2.45) is 12.0 Å². The van der Waals surface area contributed by atoms with Gasteiger partial charge in [-0.15, -0.1) is 24.0 Å². The molecule has 1 aliphatic heterocycles. The molecule has 2 N–H and O–H groups in total. The molecule has 166 valence electrons. The van der Waals surface area contributed by atoms with Crippen LogP contribution in [0.1, 0.15) is 24.6 Å². The van der Waals surface area contributed by atoms with Crippen molar-refractivity contribution in [1.29, 1.82) is 0 Å². The third-order valence-electron chi connectivity index (χ3n) is 4.64. The van der Waals surface area contributed by atoms with E-state index in [1.165, 1.54) is 0 Å². The first-order chi connectivity index (χ1) is 13.8. The normalized spacial score (nSPS) is 17.1. The molecule has 1 aliphatic rings. The molecule has 0 aliphatic carbocycles. The predicted octanol–water partition coefficient (Wildman–Crippen LogP) is 3.44. The molecule has 0 bridgehead atoms. The van der Waals surface area contributed by atoms with Gasteiger partial charge in [-0.05, 0) is 25.5 Å². The molecule has 0 aromatic carbocycles. The molecule has 1 atom stereocenters. The number of pyridine rings is 1. The molecule has 1 unspecified atom stereocenters. The second kappa shape index (κ2) is 10.5. The molecule has 3 rings (SSSR count). The van der Waals surface area contributed by atoms with Crippen LogP contribution in [0.15, 0.2) is 29.5 Å². The van der Waals surface area contributed by atoms with Gasteiger partial charge in [-0.2, -0.15) is 18.3 Å². The Morgan fingerprint density at radius 2 is 2.17 bits per heavy atom. The van der Waals surface area contributed by atoms with Gasteiger partial charge in [0.15, 0.2) is 5.96 Å². The number of aryl methyl sites for hydroxylation is 1. The molecule has 2 aromatic heterocycles. The van der Waals surface area contributed by atoms with Crippen molar-refractivity contribution in [2.75, 3.05) is 24.5 Å². The van der Waals surface area contributed by atoms with Crippen LogP contribution in [0.4, 0.5) is 19.0 Å². The zero-order valence-corrected chi connectivity index (χ0v) is 19.7. The number of alkyl halides is 3. The number of halogens is 5. The lowest BCUT2D eigenvalue weighted by molar-refractivity contribution is -0.137. The highest BCUT2D eigenvalue weighted by Gasteiger charge is 2.33. The summed E-state index contributed by atoms with van der Waals surface area (Å²) in [7, 11) is 1.86. The van der Waals surface area contributed by atoms with Crippen LogP contribution in [0.25, 0.3) is 0 Å². The summed E-state index contributed by atoms with van der Waals surface area (Å²) in [5.74, 6) is 1.04. The van der Waals surface area contributed by atoms with Crippen LogP contribution >= 0.6 is 35.6 Å². The fourth-order valence-corrected chi connectivity index (χ4v) is 3.40. The van der Waals surface area contributed by atoms with Gasteiger partial charge in [-0.3, -0.25) is 4.68 Å². The monoisotopic (exact) mass is 557 g/mol. The van der Waals surface area contributed by atoms with Gasteiger partial charge in [0.05, 0.1) is 22.8 Å². The molecule has 30 heavy (non-hydrogen) atoms. The summed E-state index contributed by atoms with van der Waals surface area (Å²) in [6, 6.07) is 2.90. The average Bonchev–Trinajstić information content (AvgIpc) is 3.28. The summed E-state index contributed by atoms with van der Waals surface area (Å²) in [5, 5.41) is 10.7. The zero-order valence-electron chi connectivity index (χ0n) is 16.6. The summed E-state index contributed by atoms with van der Waals surface area (Å²) in [6.45, 7) is 4.37. The maximum Gasteiger partial charge on any atom is 0.417 e. The third-order valence-corrected chi connectivity index (χ3v) is 4.92. The van der Waals surface area contributed by atoms with Crippen molar-refractivity contribution in [3.63, 3.8) is 0 Å². The lowest BCUT2D eigenvalue weighted by Crippen LogP contribution is -2.44. The van der Waals surface area contributed by atoms with Crippen LogP contribution < -0.4 is 15.5 Å². The summed E-state index contributed by atoms with van der Waals surface area (Å²) >= 11 is 6.07. The summed E-state index contributed by atoms with van der Waals surface area (Å²) in [4.78, 5) is 10.4. The Morgan fingerprint density at radius 1 is 1.40 bits per heavy atom. The first-order valence-electron chi connectivity index (χ1n) is 9.27. The van der Waals surface area contributed by atoms with Crippen LogP contribution in [-0.2, 0) is 19.8 Å². The van der Waals surface area contributed by atoms with Gasteiger partial charge in [0, 0.05) is 45.1 Å². The van der Waals surface area contributed by atoms with E-state index in [1.54, 1.807) is 10.9 Å². The molecule has 3 heterocycles. The first kappa shape index (κ1) is 24.5. The first-order valence-corrected chi connectivity index (χ1v) is 9.65. The van der Waals surface area contributed by atoms with Crippen molar-refractivity contribution in [3.8, 4) is 0 Å². The molecule has 0 radical (unpaired) electrons. The van der Waals surface area contributed by atoms with Crippen molar-refractivity contribution >= 4 is 47.4 Å². The Bertz CT molecular complexity index is 872. The van der Waals surface area contributed by atoms with Gasteiger partial charge >= 0.3 is 6.18 Å². The van der Waals surface area contributed by atoms with Gasteiger partial charge < -0.3 is 15.5 Å². The van der Waals surface area contributed by atoms with E-state index in [4.69, 9.17) is 11.6 Å². The minimum atomic E-state index is -4.46. The smallest absolute Gasteiger partial charge is 0.357 e. The highest BCUT2D eigenvalue weighted by atomic mass is 127. The summed E-state index contributed by atoms with van der Waals surface area (Å²) in [5.41, 5.74) is 0.132. The number of guanidine groups is 1. The molecule has 1 saturated heterocycles. The molecule has 2 aromatic rings. The lowest BCUT2D eigenvalue weighted by Gasteiger charge is -2.21. The lowest BCUT2D eigenvalue weighted by atomic mass is 10.2. The number of nitrogens with one attached hydrogen (secondary N) is 2. The second-order valence-corrected chi connectivity index (χ2v) is 7.15. The largest absolute Gasteiger partial charge is 0.417 e. The van der Waals surface area contributed by atoms with E-state index in [0.717, 1.165) is 24.4 Å². The molecule has 12 heteroatoms. The fraction of sp³-hybridized carbons (Fsp3) is 0.500. The number of hydrogen-bond donors (Lipinski definition) is 2. The second-order valence-electron chi connectivity index (χ2n) is 6.74. The van der Waals surface area contributed by atoms with Crippen LogP contribution in [0.3, 0.4) is 0 Å². The quantitative estimate of drug-likeness (QED) is 0.335. The van der Waals surface area contributed by atoms with E-state index in [-0.39, 0.29) is 35.0 Å². The average molecular weight is 558 g/mol. The van der Waals surface area contributed by atoms with E-state index in [2.05, 4.69) is 25.7 Å². The van der Waals surface area contributed by atoms with Crippen molar-refractivity contribution in [3.05, 3.63) is 40.8 Å². The number of anilines is 1. The maximum absolute atomic E-state index is 12.8. The Balaban J connectivity index is 0.00000320. The Morgan fingerprint density at radius 3 is 2.77 bits per heavy atom. The highest BCUT2D eigenvalue weighted by Crippen LogP contribution is 2.34. The standard InChI is InChI=1S/C18H23ClF3N7.HI/c1-3-23-17(25-10-14-4-6-26-28(14)2)27-13-5-7-29(11-13)16-15(19)8-12(9-24-16)18(20,21)22;/h4,6,8-9,13H,3,5,7,10-11H2,1-2H3,(H2,23,25,27);1H. The SMILES string of the molecule is CCNC(=NCc1ccnn1C)NC1CCN(c2ncc(C(F)(F)F)cc2Cl)C1.I. The fourth-order valence-electron chi connectivity index (χ4n) is 3.12. The van der Waals surface area contributed by atoms with Crippen LogP contribution in [-0.4, -0.2) is 46.4 Å². The minimum absolute atomic E-state index is 0. The number of nitrogens with zero attached hydrogens (tertiary/aromatic N) is 5. The van der Waals surface area contributed by atoms with Gasteiger partial charge in [0.25, 0.3) is 0 Å². The Kier molecular flexibility index (Phi) is 8.59. The molecule has 0 amide bonds.